The van der Waals surface area contributed by atoms with Crippen molar-refractivity contribution in [3.63, 3.8) is 0 Å². The van der Waals surface area contributed by atoms with Crippen LogP contribution in [0.4, 0.5) is 0 Å². The third kappa shape index (κ3) is 4.42. The highest BCUT2D eigenvalue weighted by Gasteiger charge is 2.31. The lowest BCUT2D eigenvalue weighted by Gasteiger charge is -2.34. The first-order chi connectivity index (χ1) is 12.2. The zero-order chi connectivity index (χ0) is 17.6. The number of amides is 2. The molecule has 3 rings (SSSR count). The molecule has 1 aromatic carbocycles. The van der Waals surface area contributed by atoms with Crippen LogP contribution in [0.15, 0.2) is 30.3 Å². The van der Waals surface area contributed by atoms with Crippen molar-refractivity contribution < 1.29 is 9.59 Å². The van der Waals surface area contributed by atoms with Gasteiger partial charge >= 0.3 is 0 Å². The lowest BCUT2D eigenvalue weighted by atomic mass is 9.92. The molecule has 2 aliphatic heterocycles. The van der Waals surface area contributed by atoms with Crippen molar-refractivity contribution in [3.8, 4) is 0 Å². The minimum absolute atomic E-state index is 0.00229. The molecule has 0 saturated carbocycles. The van der Waals surface area contributed by atoms with Crippen molar-refractivity contribution in [2.45, 2.75) is 51.4 Å². The minimum atomic E-state index is -0.00229. The molecular weight excluding hydrogens is 312 g/mol. The summed E-state index contributed by atoms with van der Waals surface area (Å²) in [7, 11) is 0. The van der Waals surface area contributed by atoms with Crippen LogP contribution >= 0.6 is 0 Å². The molecule has 25 heavy (non-hydrogen) atoms. The number of carbonyl (C=O) groups is 2. The zero-order valence-corrected chi connectivity index (χ0v) is 15.3. The average molecular weight is 342 g/mol. The Labute approximate surface area is 151 Å². The monoisotopic (exact) mass is 342 g/mol. The Hall–Kier alpha value is -1.84. The molecule has 0 aromatic heterocycles. The fraction of sp³-hybridized carbons (Fsp3) is 0.619. The van der Waals surface area contributed by atoms with E-state index in [9.17, 15) is 9.59 Å². The molecule has 2 aliphatic rings. The molecule has 4 heteroatoms. The lowest BCUT2D eigenvalue weighted by molar-refractivity contribution is -0.140. The van der Waals surface area contributed by atoms with Gasteiger partial charge in [0.05, 0.1) is 5.92 Å². The molecule has 2 amide bonds. The number of piperidine rings is 1. The van der Waals surface area contributed by atoms with E-state index in [0.717, 1.165) is 51.7 Å². The fourth-order valence-corrected chi connectivity index (χ4v) is 4.26. The molecular formula is C21H30N2O2. The van der Waals surface area contributed by atoms with Gasteiger partial charge in [-0.2, -0.15) is 0 Å². The summed E-state index contributed by atoms with van der Waals surface area (Å²) in [6.45, 7) is 5.03. The number of hydrogen-bond donors (Lipinski definition) is 0. The van der Waals surface area contributed by atoms with E-state index in [-0.39, 0.29) is 17.7 Å². The van der Waals surface area contributed by atoms with Gasteiger partial charge in [-0.25, -0.2) is 0 Å². The van der Waals surface area contributed by atoms with Gasteiger partial charge in [0.2, 0.25) is 11.8 Å². The maximum absolute atomic E-state index is 13.0. The second-order valence-electron chi connectivity index (χ2n) is 7.40. The number of likely N-dealkylation sites (tertiary alicyclic amines) is 2. The van der Waals surface area contributed by atoms with Crippen LogP contribution in [0.5, 0.6) is 0 Å². The van der Waals surface area contributed by atoms with Crippen LogP contribution in [0.1, 0.15) is 56.9 Å². The Kier molecular flexibility index (Phi) is 6.11. The third-order valence-corrected chi connectivity index (χ3v) is 5.74. The first-order valence-electron chi connectivity index (χ1n) is 9.80. The van der Waals surface area contributed by atoms with E-state index in [0.29, 0.717) is 18.9 Å². The quantitative estimate of drug-likeness (QED) is 0.844. The van der Waals surface area contributed by atoms with Gasteiger partial charge < -0.3 is 9.80 Å². The summed E-state index contributed by atoms with van der Waals surface area (Å²) in [6.07, 6.45) is 5.66. The summed E-state index contributed by atoms with van der Waals surface area (Å²) in [5.74, 6) is 1.00. The Bertz CT molecular complexity index is 587. The smallest absolute Gasteiger partial charge is 0.227 e. The van der Waals surface area contributed by atoms with Gasteiger partial charge in [0.15, 0.2) is 0 Å². The van der Waals surface area contributed by atoms with Crippen LogP contribution < -0.4 is 0 Å². The van der Waals surface area contributed by atoms with Gasteiger partial charge in [0, 0.05) is 32.6 Å². The topological polar surface area (TPSA) is 40.6 Å². The number of nitrogens with zero attached hydrogens (tertiary/aromatic N) is 2. The highest BCUT2D eigenvalue weighted by Crippen LogP contribution is 2.29. The van der Waals surface area contributed by atoms with E-state index < -0.39 is 0 Å². The Balaban J connectivity index is 1.58. The molecule has 2 heterocycles. The van der Waals surface area contributed by atoms with Crippen molar-refractivity contribution in [1.29, 1.82) is 0 Å². The molecule has 0 spiro atoms. The van der Waals surface area contributed by atoms with Crippen LogP contribution in [-0.2, 0) is 9.59 Å². The van der Waals surface area contributed by atoms with Gasteiger partial charge in [-0.05, 0) is 43.6 Å². The summed E-state index contributed by atoms with van der Waals surface area (Å²) >= 11 is 0. The standard InChI is InChI=1S/C21H30N2O2/c1-2-20(24)23-14-7-11-19(16-23)21(25)22-13-6-10-18(12-15-22)17-8-4-3-5-9-17/h3-5,8-9,18-19H,2,6-7,10-16H2,1H3/t18-,19+/m1/s1. The zero-order valence-electron chi connectivity index (χ0n) is 15.3. The van der Waals surface area contributed by atoms with E-state index in [2.05, 4.69) is 35.2 Å². The molecule has 0 unspecified atom stereocenters. The van der Waals surface area contributed by atoms with Crippen molar-refractivity contribution in [3.05, 3.63) is 35.9 Å². The van der Waals surface area contributed by atoms with Gasteiger partial charge in [-0.15, -0.1) is 0 Å². The van der Waals surface area contributed by atoms with Crippen LogP contribution in [0, 0.1) is 5.92 Å². The van der Waals surface area contributed by atoms with Gasteiger partial charge in [0.1, 0.15) is 0 Å². The number of rotatable bonds is 3. The molecule has 2 saturated heterocycles. The predicted octanol–water partition coefficient (Wildman–Crippen LogP) is 3.43. The van der Waals surface area contributed by atoms with E-state index >= 15 is 0 Å². The summed E-state index contributed by atoms with van der Waals surface area (Å²) in [6, 6.07) is 10.7. The lowest BCUT2D eigenvalue weighted by Crippen LogP contribution is -2.46. The maximum atomic E-state index is 13.0. The Morgan fingerprint density at radius 1 is 0.960 bits per heavy atom. The average Bonchev–Trinajstić information content (AvgIpc) is 2.94. The summed E-state index contributed by atoms with van der Waals surface area (Å²) in [5, 5.41) is 0. The summed E-state index contributed by atoms with van der Waals surface area (Å²) in [4.78, 5) is 28.9. The van der Waals surface area contributed by atoms with Gasteiger partial charge in [0.25, 0.3) is 0 Å². The summed E-state index contributed by atoms with van der Waals surface area (Å²) < 4.78 is 0. The molecule has 2 atom stereocenters. The second kappa shape index (κ2) is 8.50. The number of benzene rings is 1. The highest BCUT2D eigenvalue weighted by molar-refractivity contribution is 5.81. The molecule has 0 N–H and O–H groups in total. The highest BCUT2D eigenvalue weighted by atomic mass is 16.2. The SMILES string of the molecule is CCC(=O)N1CCC[C@H](C(=O)N2CCC[C@@H](c3ccccc3)CC2)C1. The van der Waals surface area contributed by atoms with Crippen LogP contribution in [0.25, 0.3) is 0 Å². The number of hydrogen-bond acceptors (Lipinski definition) is 2. The fourth-order valence-electron chi connectivity index (χ4n) is 4.26. The van der Waals surface area contributed by atoms with Crippen LogP contribution in [0.2, 0.25) is 0 Å². The Morgan fingerprint density at radius 2 is 1.68 bits per heavy atom. The first-order valence-corrected chi connectivity index (χ1v) is 9.80. The van der Waals surface area contributed by atoms with E-state index in [1.165, 1.54) is 5.56 Å². The second-order valence-corrected chi connectivity index (χ2v) is 7.40. The molecule has 0 aliphatic carbocycles. The molecule has 0 bridgehead atoms. The minimum Gasteiger partial charge on any atom is -0.342 e. The molecule has 136 valence electrons. The maximum Gasteiger partial charge on any atom is 0.227 e. The third-order valence-electron chi connectivity index (χ3n) is 5.74. The van der Waals surface area contributed by atoms with Gasteiger partial charge in [-0.3, -0.25) is 9.59 Å². The molecule has 0 radical (unpaired) electrons. The van der Waals surface area contributed by atoms with E-state index in [1.807, 2.05) is 11.8 Å². The normalized spacial score (nSPS) is 24.7. The molecule has 4 nitrogen and oxygen atoms in total. The largest absolute Gasteiger partial charge is 0.342 e. The van der Waals surface area contributed by atoms with E-state index in [4.69, 9.17) is 0 Å². The number of carbonyl (C=O) groups excluding carboxylic acids is 2. The van der Waals surface area contributed by atoms with Crippen molar-refractivity contribution in [2.75, 3.05) is 26.2 Å². The first kappa shape index (κ1) is 18.0. The molecule has 2 fully saturated rings. The van der Waals surface area contributed by atoms with E-state index in [1.54, 1.807) is 0 Å². The predicted molar refractivity (Wildman–Crippen MR) is 99.2 cm³/mol. The Morgan fingerprint density at radius 3 is 2.44 bits per heavy atom. The van der Waals surface area contributed by atoms with Crippen LogP contribution in [0.3, 0.4) is 0 Å². The molecule has 1 aromatic rings. The van der Waals surface area contributed by atoms with Crippen molar-refractivity contribution >= 4 is 11.8 Å². The van der Waals surface area contributed by atoms with Crippen molar-refractivity contribution in [2.24, 2.45) is 5.92 Å². The van der Waals surface area contributed by atoms with Gasteiger partial charge in [-0.1, -0.05) is 37.3 Å². The van der Waals surface area contributed by atoms with Crippen LogP contribution in [-0.4, -0.2) is 47.8 Å². The summed E-state index contributed by atoms with van der Waals surface area (Å²) in [5.41, 5.74) is 1.40. The van der Waals surface area contributed by atoms with Crippen molar-refractivity contribution in [1.82, 2.24) is 9.80 Å².